The third-order valence-corrected chi connectivity index (χ3v) is 7.26. The number of hydrogen-bond acceptors (Lipinski definition) is 5. The highest BCUT2D eigenvalue weighted by Gasteiger charge is 2.46. The lowest BCUT2D eigenvalue weighted by atomic mass is 9.82. The van der Waals surface area contributed by atoms with Gasteiger partial charge in [0.1, 0.15) is 6.10 Å². The number of cyclic esters (lactones) is 1. The Morgan fingerprint density at radius 1 is 1.00 bits per heavy atom. The summed E-state index contributed by atoms with van der Waals surface area (Å²) in [6, 6.07) is 6.36. The lowest BCUT2D eigenvalue weighted by Crippen LogP contribution is -2.18. The topological polar surface area (TPSA) is 54.0 Å². The van der Waals surface area contributed by atoms with Crippen molar-refractivity contribution in [1.29, 1.82) is 0 Å². The van der Waals surface area contributed by atoms with Crippen molar-refractivity contribution in [1.82, 2.24) is 0 Å². The second-order valence-electron chi connectivity index (χ2n) is 9.91. The zero-order valence-corrected chi connectivity index (χ0v) is 20.1. The van der Waals surface area contributed by atoms with E-state index in [-0.39, 0.29) is 18.0 Å². The summed E-state index contributed by atoms with van der Waals surface area (Å²) in [5, 5.41) is 0. The molecule has 0 spiro atoms. The van der Waals surface area contributed by atoms with E-state index in [1.807, 2.05) is 6.07 Å². The summed E-state index contributed by atoms with van der Waals surface area (Å²) in [6.07, 6.45) is 3.94. The third-order valence-electron chi connectivity index (χ3n) is 7.26. The van der Waals surface area contributed by atoms with Crippen LogP contribution in [0.15, 0.2) is 18.2 Å². The molecule has 31 heavy (non-hydrogen) atoms. The summed E-state index contributed by atoms with van der Waals surface area (Å²) in [5.41, 5.74) is 1.30. The molecule has 0 aromatic heterocycles. The van der Waals surface area contributed by atoms with Crippen LogP contribution < -0.4 is 9.47 Å². The number of rotatable bonds is 10. The Balaban J connectivity index is 1.76. The van der Waals surface area contributed by atoms with Crippen LogP contribution in [0.4, 0.5) is 0 Å². The summed E-state index contributed by atoms with van der Waals surface area (Å²) >= 11 is 0. The van der Waals surface area contributed by atoms with Gasteiger partial charge in [-0.3, -0.25) is 4.79 Å². The molecule has 2 unspecified atom stereocenters. The normalized spacial score (nSPS) is 28.4. The Morgan fingerprint density at radius 3 is 2.39 bits per heavy atom. The fourth-order valence-electron chi connectivity index (χ4n) is 5.42. The quantitative estimate of drug-likeness (QED) is 0.363. The summed E-state index contributed by atoms with van der Waals surface area (Å²) < 4.78 is 22.6. The van der Waals surface area contributed by atoms with Gasteiger partial charge >= 0.3 is 5.97 Å². The van der Waals surface area contributed by atoms with E-state index < -0.39 is 0 Å². The van der Waals surface area contributed by atoms with Crippen molar-refractivity contribution in [2.45, 2.75) is 65.4 Å². The van der Waals surface area contributed by atoms with Gasteiger partial charge in [0.15, 0.2) is 11.5 Å². The monoisotopic (exact) mass is 432 g/mol. The fourth-order valence-corrected chi connectivity index (χ4v) is 5.42. The average molecular weight is 433 g/mol. The minimum atomic E-state index is 0.000685. The Kier molecular flexibility index (Phi) is 8.26. The minimum Gasteiger partial charge on any atom is -0.493 e. The second kappa shape index (κ2) is 10.7. The maximum Gasteiger partial charge on any atom is 0.309 e. The van der Waals surface area contributed by atoms with Crippen LogP contribution in [-0.2, 0) is 14.3 Å². The van der Waals surface area contributed by atoms with Gasteiger partial charge in [0.05, 0.1) is 19.6 Å². The molecule has 3 rings (SSSR count). The molecule has 1 saturated heterocycles. The third kappa shape index (κ3) is 5.54. The van der Waals surface area contributed by atoms with E-state index in [4.69, 9.17) is 18.9 Å². The number of benzene rings is 1. The van der Waals surface area contributed by atoms with E-state index in [1.54, 1.807) is 14.2 Å². The number of ether oxygens (including phenoxy) is 4. The largest absolute Gasteiger partial charge is 0.493 e. The fraction of sp³-hybridized carbons (Fsp3) is 0.731. The van der Waals surface area contributed by atoms with Crippen LogP contribution in [0.1, 0.15) is 64.9 Å². The van der Waals surface area contributed by atoms with Crippen LogP contribution in [0.2, 0.25) is 0 Å². The smallest absolute Gasteiger partial charge is 0.309 e. The van der Waals surface area contributed by atoms with Gasteiger partial charge in [0.2, 0.25) is 0 Å². The molecule has 5 nitrogen and oxygen atoms in total. The summed E-state index contributed by atoms with van der Waals surface area (Å²) in [6.45, 7) is 10.1. The molecule has 1 aliphatic carbocycles. The van der Waals surface area contributed by atoms with Gasteiger partial charge in [-0.05, 0) is 66.5 Å². The number of carbonyl (C=O) groups is 1. The highest BCUT2D eigenvalue weighted by atomic mass is 16.6. The van der Waals surface area contributed by atoms with Crippen molar-refractivity contribution < 1.29 is 23.7 Å². The van der Waals surface area contributed by atoms with E-state index in [9.17, 15) is 4.79 Å². The summed E-state index contributed by atoms with van der Waals surface area (Å²) in [5.74, 6) is 3.96. The van der Waals surface area contributed by atoms with E-state index >= 15 is 0 Å². The van der Waals surface area contributed by atoms with Gasteiger partial charge in [-0.1, -0.05) is 33.8 Å². The van der Waals surface area contributed by atoms with Gasteiger partial charge in [-0.25, -0.2) is 0 Å². The van der Waals surface area contributed by atoms with Gasteiger partial charge in [0, 0.05) is 20.1 Å². The molecule has 0 N–H and O–H groups in total. The number of esters is 1. The molecule has 0 radical (unpaired) electrons. The molecular formula is C26H40O5. The van der Waals surface area contributed by atoms with E-state index in [0.717, 1.165) is 37.2 Å². The molecule has 174 valence electrons. The van der Waals surface area contributed by atoms with Gasteiger partial charge < -0.3 is 18.9 Å². The molecule has 0 bridgehead atoms. The van der Waals surface area contributed by atoms with Crippen LogP contribution in [0, 0.1) is 29.6 Å². The predicted molar refractivity (Wildman–Crippen MR) is 122 cm³/mol. The average Bonchev–Trinajstić information content (AvgIpc) is 3.35. The van der Waals surface area contributed by atoms with Crippen molar-refractivity contribution in [2.75, 3.05) is 27.4 Å². The number of hydrogen-bond donors (Lipinski definition) is 0. The molecule has 1 heterocycles. The van der Waals surface area contributed by atoms with E-state index in [0.29, 0.717) is 42.8 Å². The Labute approximate surface area is 187 Å². The Bertz CT molecular complexity index is 729. The van der Waals surface area contributed by atoms with Crippen LogP contribution in [-0.4, -0.2) is 39.5 Å². The zero-order chi connectivity index (χ0) is 22.5. The first-order chi connectivity index (χ1) is 14.8. The maximum atomic E-state index is 12.4. The lowest BCUT2D eigenvalue weighted by molar-refractivity contribution is -0.146. The SMILES string of the molecule is COCCCOc1cc([C@@H]2C[C@H](C3C[C@@H](C(C)C)C(=O)O3)CC2C(C)C)ccc1OC. The molecule has 1 aliphatic heterocycles. The molecule has 2 aliphatic rings. The van der Waals surface area contributed by atoms with Crippen molar-refractivity contribution in [3.8, 4) is 11.5 Å². The second-order valence-corrected chi connectivity index (χ2v) is 9.91. The molecular weight excluding hydrogens is 392 g/mol. The predicted octanol–water partition coefficient (Wildman–Crippen LogP) is 5.46. The van der Waals surface area contributed by atoms with Crippen molar-refractivity contribution >= 4 is 5.97 Å². The van der Waals surface area contributed by atoms with Gasteiger partial charge in [-0.2, -0.15) is 0 Å². The maximum absolute atomic E-state index is 12.4. The molecule has 1 aromatic rings. The van der Waals surface area contributed by atoms with Crippen molar-refractivity contribution in [2.24, 2.45) is 29.6 Å². The van der Waals surface area contributed by atoms with E-state index in [2.05, 4.69) is 39.8 Å². The summed E-state index contributed by atoms with van der Waals surface area (Å²) in [4.78, 5) is 12.4. The first-order valence-electron chi connectivity index (χ1n) is 11.9. The highest BCUT2D eigenvalue weighted by Crippen LogP contribution is 2.51. The van der Waals surface area contributed by atoms with Crippen LogP contribution in [0.25, 0.3) is 0 Å². The minimum absolute atomic E-state index is 0.000685. The molecule has 2 fully saturated rings. The number of methoxy groups -OCH3 is 2. The molecule has 1 saturated carbocycles. The first-order valence-corrected chi connectivity index (χ1v) is 11.9. The zero-order valence-electron chi connectivity index (χ0n) is 20.1. The molecule has 5 atom stereocenters. The number of carbonyl (C=O) groups excluding carboxylic acids is 1. The first kappa shape index (κ1) is 23.9. The summed E-state index contributed by atoms with van der Waals surface area (Å²) in [7, 11) is 3.38. The van der Waals surface area contributed by atoms with Crippen LogP contribution in [0.3, 0.4) is 0 Å². The Morgan fingerprint density at radius 2 is 1.77 bits per heavy atom. The Hall–Kier alpha value is -1.75. The van der Waals surface area contributed by atoms with Crippen LogP contribution >= 0.6 is 0 Å². The van der Waals surface area contributed by atoms with Crippen LogP contribution in [0.5, 0.6) is 11.5 Å². The van der Waals surface area contributed by atoms with Gasteiger partial charge in [0.25, 0.3) is 0 Å². The van der Waals surface area contributed by atoms with Gasteiger partial charge in [-0.15, -0.1) is 0 Å². The molecule has 1 aromatic carbocycles. The lowest BCUT2D eigenvalue weighted by Gasteiger charge is -2.24. The standard InChI is InChI=1S/C26H40O5/c1-16(2)20-12-19(24-15-21(17(3)4)26(27)31-24)13-22(20)18-8-9-23(29-6)25(14-18)30-11-7-10-28-5/h8-9,14,16-17,19-22,24H,7,10-13,15H2,1-6H3/t19-,20?,21+,22+,24?/m1/s1. The van der Waals surface area contributed by atoms with Crippen molar-refractivity contribution in [3.63, 3.8) is 0 Å². The molecule has 0 amide bonds. The van der Waals surface area contributed by atoms with Crippen molar-refractivity contribution in [3.05, 3.63) is 23.8 Å². The van der Waals surface area contributed by atoms with E-state index in [1.165, 1.54) is 5.56 Å². The molecule has 5 heteroatoms. The highest BCUT2D eigenvalue weighted by molar-refractivity contribution is 5.75.